The Kier molecular flexibility index (Phi) is 6.68. The first kappa shape index (κ1) is 18.9. The summed E-state index contributed by atoms with van der Waals surface area (Å²) in [7, 11) is 0. The van der Waals surface area contributed by atoms with Crippen LogP contribution in [0.1, 0.15) is 10.5 Å². The van der Waals surface area contributed by atoms with Gasteiger partial charge in [-0.1, -0.05) is 29.3 Å². The fraction of sp³-hybridized carbons (Fsp3) is 0.333. The molecule has 2 heterocycles. The van der Waals surface area contributed by atoms with E-state index in [0.717, 1.165) is 45.1 Å². The van der Waals surface area contributed by atoms with E-state index in [4.69, 9.17) is 27.9 Å². The van der Waals surface area contributed by atoms with Gasteiger partial charge in [0.25, 0.3) is 5.91 Å². The molecule has 1 aromatic heterocycles. The van der Waals surface area contributed by atoms with Crippen LogP contribution in [0, 0.1) is 0 Å². The Bertz CT molecular complexity index is 746. The summed E-state index contributed by atoms with van der Waals surface area (Å²) >= 11 is 12.2. The second kappa shape index (κ2) is 9.19. The van der Waals surface area contributed by atoms with E-state index in [2.05, 4.69) is 20.5 Å². The average molecular weight is 395 g/mol. The number of amides is 1. The fourth-order valence-corrected chi connectivity index (χ4v) is 3.13. The Morgan fingerprint density at radius 1 is 1.19 bits per heavy atom. The van der Waals surface area contributed by atoms with E-state index in [1.54, 1.807) is 30.5 Å². The summed E-state index contributed by atoms with van der Waals surface area (Å²) in [4.78, 5) is 18.9. The van der Waals surface area contributed by atoms with E-state index in [1.165, 1.54) is 0 Å². The van der Waals surface area contributed by atoms with Gasteiger partial charge in [0, 0.05) is 38.1 Å². The number of aromatic nitrogens is 1. The van der Waals surface area contributed by atoms with E-state index in [1.807, 2.05) is 6.07 Å². The molecule has 0 bridgehead atoms. The summed E-state index contributed by atoms with van der Waals surface area (Å²) in [6, 6.07) is 8.59. The minimum absolute atomic E-state index is 0.289. The SMILES string of the molecule is O=C(Nc1c(Cl)cccc1Cl)c1cc(NCCN2CCOCC2)ccn1. The van der Waals surface area contributed by atoms with Gasteiger partial charge in [-0.3, -0.25) is 14.7 Å². The standard InChI is InChI=1S/C18H20Cl2N4O2/c19-14-2-1-3-15(20)17(14)23-18(25)16-12-13(4-5-22-16)21-6-7-24-8-10-26-11-9-24/h1-5,12H,6-11H2,(H,21,22)(H,23,25). The number of anilines is 2. The Balaban J connectivity index is 1.58. The molecular weight excluding hydrogens is 375 g/mol. The molecule has 2 N–H and O–H groups in total. The summed E-state index contributed by atoms with van der Waals surface area (Å²) in [6.45, 7) is 5.16. The van der Waals surface area contributed by atoms with Gasteiger partial charge >= 0.3 is 0 Å². The number of carbonyl (C=O) groups is 1. The lowest BCUT2D eigenvalue weighted by molar-refractivity contribution is 0.0398. The lowest BCUT2D eigenvalue weighted by atomic mass is 10.2. The highest BCUT2D eigenvalue weighted by Gasteiger charge is 2.13. The molecule has 0 radical (unpaired) electrons. The molecule has 0 atom stereocenters. The van der Waals surface area contributed by atoms with Gasteiger partial charge in [0.1, 0.15) is 5.69 Å². The van der Waals surface area contributed by atoms with Crippen molar-refractivity contribution in [2.75, 3.05) is 50.0 Å². The first-order valence-electron chi connectivity index (χ1n) is 8.39. The van der Waals surface area contributed by atoms with E-state index in [9.17, 15) is 4.79 Å². The van der Waals surface area contributed by atoms with Crippen molar-refractivity contribution >= 4 is 40.5 Å². The Morgan fingerprint density at radius 3 is 2.65 bits per heavy atom. The van der Waals surface area contributed by atoms with Gasteiger partial charge in [-0.05, 0) is 24.3 Å². The molecule has 1 aliphatic rings. The summed E-state index contributed by atoms with van der Waals surface area (Å²) in [5.41, 5.74) is 1.51. The normalized spacial score (nSPS) is 14.8. The van der Waals surface area contributed by atoms with Crippen molar-refractivity contribution in [2.24, 2.45) is 0 Å². The van der Waals surface area contributed by atoms with Crippen LogP contribution in [-0.4, -0.2) is 55.2 Å². The van der Waals surface area contributed by atoms with E-state index >= 15 is 0 Å². The first-order valence-corrected chi connectivity index (χ1v) is 9.14. The number of pyridine rings is 1. The molecule has 26 heavy (non-hydrogen) atoms. The third-order valence-electron chi connectivity index (χ3n) is 4.05. The molecule has 0 unspecified atom stereocenters. The number of hydrogen-bond donors (Lipinski definition) is 2. The van der Waals surface area contributed by atoms with Crippen molar-refractivity contribution in [3.63, 3.8) is 0 Å². The molecule has 2 aromatic rings. The Labute approximate surface area is 162 Å². The van der Waals surface area contributed by atoms with Crippen molar-refractivity contribution < 1.29 is 9.53 Å². The van der Waals surface area contributed by atoms with Crippen LogP contribution in [0.4, 0.5) is 11.4 Å². The molecule has 0 aliphatic carbocycles. The summed E-state index contributed by atoms with van der Waals surface area (Å²) < 4.78 is 5.34. The maximum atomic E-state index is 12.5. The van der Waals surface area contributed by atoms with Gasteiger partial charge in [0.15, 0.2) is 0 Å². The third kappa shape index (κ3) is 5.08. The number of hydrogen-bond acceptors (Lipinski definition) is 5. The van der Waals surface area contributed by atoms with Gasteiger partial charge < -0.3 is 15.4 Å². The van der Waals surface area contributed by atoms with Crippen molar-refractivity contribution in [3.8, 4) is 0 Å². The average Bonchev–Trinajstić information content (AvgIpc) is 2.66. The monoisotopic (exact) mass is 394 g/mol. The molecule has 8 heteroatoms. The maximum Gasteiger partial charge on any atom is 0.274 e. The minimum atomic E-state index is -0.364. The largest absolute Gasteiger partial charge is 0.384 e. The minimum Gasteiger partial charge on any atom is -0.384 e. The van der Waals surface area contributed by atoms with Crippen molar-refractivity contribution in [1.82, 2.24) is 9.88 Å². The number of benzene rings is 1. The van der Waals surface area contributed by atoms with Crippen LogP contribution in [0.5, 0.6) is 0 Å². The summed E-state index contributed by atoms with van der Waals surface area (Å²) in [5, 5.41) is 6.79. The molecule has 1 saturated heterocycles. The second-order valence-corrected chi connectivity index (χ2v) is 6.68. The number of morpholine rings is 1. The zero-order valence-electron chi connectivity index (χ0n) is 14.2. The van der Waals surface area contributed by atoms with Crippen LogP contribution in [0.3, 0.4) is 0 Å². The molecule has 0 saturated carbocycles. The highest BCUT2D eigenvalue weighted by atomic mass is 35.5. The highest BCUT2D eigenvalue weighted by Crippen LogP contribution is 2.30. The van der Waals surface area contributed by atoms with Gasteiger partial charge in [-0.2, -0.15) is 0 Å². The molecule has 1 fully saturated rings. The molecule has 6 nitrogen and oxygen atoms in total. The number of ether oxygens (including phenoxy) is 1. The van der Waals surface area contributed by atoms with Crippen LogP contribution in [0.15, 0.2) is 36.5 Å². The van der Waals surface area contributed by atoms with Crippen LogP contribution in [0.2, 0.25) is 10.0 Å². The zero-order chi connectivity index (χ0) is 18.4. The first-order chi connectivity index (χ1) is 12.6. The van der Waals surface area contributed by atoms with Gasteiger partial charge in [0.05, 0.1) is 28.9 Å². The molecule has 0 spiro atoms. The van der Waals surface area contributed by atoms with Crippen molar-refractivity contribution in [1.29, 1.82) is 0 Å². The van der Waals surface area contributed by atoms with Crippen LogP contribution < -0.4 is 10.6 Å². The molecular formula is C18H20Cl2N4O2. The fourth-order valence-electron chi connectivity index (χ4n) is 2.64. The topological polar surface area (TPSA) is 66.5 Å². The van der Waals surface area contributed by atoms with Crippen LogP contribution in [0.25, 0.3) is 0 Å². The van der Waals surface area contributed by atoms with E-state index < -0.39 is 0 Å². The van der Waals surface area contributed by atoms with Crippen molar-refractivity contribution in [3.05, 3.63) is 52.3 Å². The van der Waals surface area contributed by atoms with Gasteiger partial charge in [-0.15, -0.1) is 0 Å². The Morgan fingerprint density at radius 2 is 1.92 bits per heavy atom. The molecule has 3 rings (SSSR count). The number of para-hydroxylation sites is 1. The predicted octanol–water partition coefficient (Wildman–Crippen LogP) is 3.38. The predicted molar refractivity (Wildman–Crippen MR) is 104 cm³/mol. The number of nitrogens with zero attached hydrogens (tertiary/aromatic N) is 2. The number of carbonyl (C=O) groups excluding carboxylic acids is 1. The molecule has 138 valence electrons. The number of rotatable bonds is 6. The maximum absolute atomic E-state index is 12.5. The smallest absolute Gasteiger partial charge is 0.274 e. The van der Waals surface area contributed by atoms with Gasteiger partial charge in [0.2, 0.25) is 0 Å². The highest BCUT2D eigenvalue weighted by molar-refractivity contribution is 6.40. The summed E-state index contributed by atoms with van der Waals surface area (Å²) in [5.74, 6) is -0.364. The van der Waals surface area contributed by atoms with E-state index in [0.29, 0.717) is 15.7 Å². The third-order valence-corrected chi connectivity index (χ3v) is 4.68. The number of halogens is 2. The van der Waals surface area contributed by atoms with Crippen LogP contribution >= 0.6 is 23.2 Å². The molecule has 1 aliphatic heterocycles. The summed E-state index contributed by atoms with van der Waals surface area (Å²) in [6.07, 6.45) is 1.60. The number of nitrogens with one attached hydrogen (secondary N) is 2. The quantitative estimate of drug-likeness (QED) is 0.785. The second-order valence-electron chi connectivity index (χ2n) is 5.86. The molecule has 1 amide bonds. The van der Waals surface area contributed by atoms with Crippen LogP contribution in [-0.2, 0) is 4.74 Å². The lowest BCUT2D eigenvalue weighted by Crippen LogP contribution is -2.39. The Hall–Kier alpha value is -1.86. The zero-order valence-corrected chi connectivity index (χ0v) is 15.7. The lowest BCUT2D eigenvalue weighted by Gasteiger charge is -2.26. The van der Waals surface area contributed by atoms with Crippen molar-refractivity contribution in [2.45, 2.75) is 0 Å². The molecule has 1 aromatic carbocycles. The van der Waals surface area contributed by atoms with E-state index in [-0.39, 0.29) is 11.6 Å². The van der Waals surface area contributed by atoms with Gasteiger partial charge in [-0.25, -0.2) is 0 Å².